The smallest absolute Gasteiger partial charge is 0.428 e. The highest BCUT2D eigenvalue weighted by Crippen LogP contribution is 2.09. The molecule has 0 saturated heterocycles. The molecule has 1 aromatic carbocycles. The van der Waals surface area contributed by atoms with Crippen LogP contribution in [0.1, 0.15) is 5.56 Å². The first-order valence-electron chi connectivity index (χ1n) is 4.03. The van der Waals surface area contributed by atoms with E-state index in [9.17, 15) is 9.82 Å². The predicted molar refractivity (Wildman–Crippen MR) is 50.9 cm³/mol. The number of urea groups is 1. The number of benzene rings is 1. The van der Waals surface area contributed by atoms with Gasteiger partial charge in [-0.2, -0.15) is 0 Å². The van der Waals surface area contributed by atoms with E-state index in [2.05, 4.69) is 10.5 Å². The Morgan fingerprint density at radius 2 is 2.23 bits per heavy atom. The minimum absolute atomic E-state index is 0.371. The normalized spacial score (nSPS) is 14.6. The van der Waals surface area contributed by atoms with Crippen LogP contribution in [0.3, 0.4) is 0 Å². The number of hydrogen-bond donors (Lipinski definition) is 3. The molecule has 0 radical (unpaired) electrons. The minimum Gasteiger partial charge on any atom is -0.428 e. The zero-order chi connectivity index (χ0) is 9.42. The van der Waals surface area contributed by atoms with Crippen molar-refractivity contribution in [2.45, 2.75) is 6.92 Å². The zero-order valence-corrected chi connectivity index (χ0v) is 7.16. The van der Waals surface area contributed by atoms with Gasteiger partial charge < -0.3 is 15.6 Å². The third kappa shape index (κ3) is 1.38. The number of aryl methyl sites for hydroxylation is 1. The minimum atomic E-state index is -0.899. The number of amides is 2. The summed E-state index contributed by atoms with van der Waals surface area (Å²) in [5.41, 5.74) is 2.43. The molecule has 0 aromatic heterocycles. The van der Waals surface area contributed by atoms with Crippen LogP contribution in [0, 0.1) is 6.92 Å². The maximum absolute atomic E-state index is 10.9. The van der Waals surface area contributed by atoms with Crippen molar-refractivity contribution in [3.05, 3.63) is 23.8 Å². The highest BCUT2D eigenvalue weighted by Gasteiger charge is 2.26. The van der Waals surface area contributed by atoms with Gasteiger partial charge in [-0.1, -0.05) is 17.7 Å². The van der Waals surface area contributed by atoms with Gasteiger partial charge in [0.1, 0.15) is 0 Å². The van der Waals surface area contributed by atoms with Crippen LogP contribution in [0.2, 0.25) is 0 Å². The summed E-state index contributed by atoms with van der Waals surface area (Å²) in [6.07, 6.45) is 0. The second kappa shape index (κ2) is 2.78. The van der Waals surface area contributed by atoms with Gasteiger partial charge in [-0.3, -0.25) is 0 Å². The molecule has 0 saturated carbocycles. The van der Waals surface area contributed by atoms with Gasteiger partial charge in [-0.05, 0) is 18.5 Å². The van der Waals surface area contributed by atoms with Gasteiger partial charge in [0.05, 0.1) is 0 Å². The molecule has 1 aliphatic heterocycles. The maximum atomic E-state index is 10.9. The number of fused-ring (bicyclic) bond motifs is 1. The van der Waals surface area contributed by atoms with Gasteiger partial charge in [0.2, 0.25) is 0 Å². The highest BCUT2D eigenvalue weighted by molar-refractivity contribution is 6.69. The second-order valence-electron chi connectivity index (χ2n) is 3.09. The molecule has 0 aliphatic carbocycles. The van der Waals surface area contributed by atoms with E-state index in [1.165, 1.54) is 0 Å². The van der Waals surface area contributed by atoms with Gasteiger partial charge >= 0.3 is 13.1 Å². The zero-order valence-electron chi connectivity index (χ0n) is 7.16. The third-order valence-electron chi connectivity index (χ3n) is 2.02. The summed E-state index contributed by atoms with van der Waals surface area (Å²) >= 11 is 0. The Morgan fingerprint density at radius 3 is 3.00 bits per heavy atom. The molecule has 2 rings (SSSR count). The average molecular weight is 176 g/mol. The lowest BCUT2D eigenvalue weighted by Gasteiger charge is -2.20. The molecule has 66 valence electrons. The number of hydrogen-bond acceptors (Lipinski definition) is 2. The van der Waals surface area contributed by atoms with E-state index in [1.54, 1.807) is 6.07 Å². The number of nitrogens with one attached hydrogen (secondary N) is 2. The predicted octanol–water partition coefficient (Wildman–Crippen LogP) is -0.182. The summed E-state index contributed by atoms with van der Waals surface area (Å²) < 4.78 is 0. The van der Waals surface area contributed by atoms with Crippen LogP contribution in [-0.2, 0) is 0 Å². The van der Waals surface area contributed by atoms with Crippen molar-refractivity contribution in [3.63, 3.8) is 0 Å². The van der Waals surface area contributed by atoms with Crippen LogP contribution in [0.15, 0.2) is 18.2 Å². The van der Waals surface area contributed by atoms with Gasteiger partial charge in [0, 0.05) is 5.69 Å². The van der Waals surface area contributed by atoms with Crippen LogP contribution in [-0.4, -0.2) is 18.1 Å². The van der Waals surface area contributed by atoms with Crippen molar-refractivity contribution in [3.8, 4) is 0 Å². The molecule has 1 aliphatic rings. The summed E-state index contributed by atoms with van der Waals surface area (Å²) in [5.74, 6) is 0. The van der Waals surface area contributed by atoms with Gasteiger partial charge in [0.15, 0.2) is 0 Å². The van der Waals surface area contributed by atoms with Crippen LogP contribution in [0.4, 0.5) is 10.5 Å². The molecule has 1 heterocycles. The van der Waals surface area contributed by atoms with Crippen LogP contribution >= 0.6 is 0 Å². The van der Waals surface area contributed by atoms with Gasteiger partial charge in [0.25, 0.3) is 0 Å². The fraction of sp³-hybridized carbons (Fsp3) is 0.125. The summed E-state index contributed by atoms with van der Waals surface area (Å²) in [6.45, 7) is 1.93. The number of carbonyl (C=O) groups is 1. The van der Waals surface area contributed by atoms with E-state index in [-0.39, 0.29) is 6.03 Å². The van der Waals surface area contributed by atoms with Crippen LogP contribution in [0.5, 0.6) is 0 Å². The molecular weight excluding hydrogens is 167 g/mol. The fourth-order valence-corrected chi connectivity index (χ4v) is 1.38. The van der Waals surface area contributed by atoms with Gasteiger partial charge in [-0.15, -0.1) is 0 Å². The van der Waals surface area contributed by atoms with Crippen molar-refractivity contribution in [2.75, 3.05) is 5.32 Å². The molecule has 4 nitrogen and oxygen atoms in total. The summed E-state index contributed by atoms with van der Waals surface area (Å²) in [4.78, 5) is 10.9. The quantitative estimate of drug-likeness (QED) is 0.480. The Balaban J connectivity index is 2.49. The average Bonchev–Trinajstić information content (AvgIpc) is 2.06. The Labute approximate surface area is 76.1 Å². The van der Waals surface area contributed by atoms with Crippen LogP contribution < -0.4 is 16.0 Å². The van der Waals surface area contributed by atoms with Crippen molar-refractivity contribution in [2.24, 2.45) is 0 Å². The van der Waals surface area contributed by atoms with Crippen molar-refractivity contribution < 1.29 is 9.82 Å². The summed E-state index contributed by atoms with van der Waals surface area (Å²) in [5, 5.41) is 14.5. The fourth-order valence-electron chi connectivity index (χ4n) is 1.38. The molecule has 5 heteroatoms. The number of rotatable bonds is 0. The topological polar surface area (TPSA) is 61.4 Å². The van der Waals surface area contributed by atoms with E-state index in [4.69, 9.17) is 0 Å². The first-order valence-corrected chi connectivity index (χ1v) is 4.03. The SMILES string of the molecule is Cc1ccc2c(c1)B(O)NC(=O)N2. The highest BCUT2D eigenvalue weighted by atomic mass is 16.2. The molecule has 0 atom stereocenters. The Hall–Kier alpha value is -1.49. The molecule has 3 N–H and O–H groups in total. The molecule has 0 unspecified atom stereocenters. The van der Waals surface area contributed by atoms with E-state index < -0.39 is 7.05 Å². The first kappa shape index (κ1) is 8.13. The standard InChI is InChI=1S/C8H9BN2O2/c1-5-2-3-7-6(4-5)9(13)11-8(12)10-7/h2-4,13H,1H3,(H2,10,11,12). The molecular formula is C8H9BN2O2. The van der Waals surface area contributed by atoms with E-state index in [0.717, 1.165) is 5.56 Å². The van der Waals surface area contributed by atoms with E-state index in [0.29, 0.717) is 11.2 Å². The monoisotopic (exact) mass is 176 g/mol. The van der Waals surface area contributed by atoms with Crippen molar-refractivity contribution in [1.29, 1.82) is 0 Å². The molecule has 13 heavy (non-hydrogen) atoms. The second-order valence-corrected chi connectivity index (χ2v) is 3.09. The largest absolute Gasteiger partial charge is 0.452 e. The number of carbonyl (C=O) groups excluding carboxylic acids is 1. The third-order valence-corrected chi connectivity index (χ3v) is 2.02. The molecule has 2 amide bonds. The Bertz CT molecular complexity index is 367. The Kier molecular flexibility index (Phi) is 1.74. The number of anilines is 1. The van der Waals surface area contributed by atoms with Crippen molar-refractivity contribution in [1.82, 2.24) is 5.23 Å². The lowest BCUT2D eigenvalue weighted by molar-refractivity contribution is 0.255. The molecule has 0 fully saturated rings. The van der Waals surface area contributed by atoms with Crippen LogP contribution in [0.25, 0.3) is 0 Å². The molecule has 0 bridgehead atoms. The molecule has 1 aromatic rings. The van der Waals surface area contributed by atoms with Gasteiger partial charge in [-0.25, -0.2) is 4.79 Å². The molecule has 0 spiro atoms. The van der Waals surface area contributed by atoms with E-state index >= 15 is 0 Å². The summed E-state index contributed by atoms with van der Waals surface area (Å²) in [7, 11) is -0.899. The lowest BCUT2D eigenvalue weighted by Crippen LogP contribution is -2.55. The maximum Gasteiger partial charge on any atom is 0.452 e. The van der Waals surface area contributed by atoms with E-state index in [1.807, 2.05) is 19.1 Å². The summed E-state index contributed by atoms with van der Waals surface area (Å²) in [6, 6.07) is 5.14. The van der Waals surface area contributed by atoms with Crippen molar-refractivity contribution >= 4 is 24.2 Å². The Morgan fingerprint density at radius 1 is 1.46 bits per heavy atom. The lowest BCUT2D eigenvalue weighted by atomic mass is 9.71. The first-order chi connectivity index (χ1) is 6.16.